The zero-order valence-corrected chi connectivity index (χ0v) is 25.2. The Morgan fingerprint density at radius 3 is 2.64 bits per heavy atom. The van der Waals surface area contributed by atoms with E-state index in [1.165, 1.54) is 7.11 Å². The average Bonchev–Trinajstić information content (AvgIpc) is 3.42. The van der Waals surface area contributed by atoms with Gasteiger partial charge in [-0.2, -0.15) is 0 Å². The fourth-order valence-electron chi connectivity index (χ4n) is 6.45. The molecule has 2 aromatic carbocycles. The zero-order chi connectivity index (χ0) is 30.0. The van der Waals surface area contributed by atoms with Gasteiger partial charge in [-0.15, -0.1) is 0 Å². The minimum absolute atomic E-state index is 0.113. The van der Waals surface area contributed by atoms with E-state index in [-0.39, 0.29) is 18.1 Å². The number of hydrogen-bond donors (Lipinski definition) is 0. The molecule has 0 N–H and O–H groups in total. The number of carbonyl (C=O) groups excluding carboxylic acids is 1. The molecule has 5 heterocycles. The highest BCUT2D eigenvalue weighted by Gasteiger charge is 2.30. The van der Waals surface area contributed by atoms with Gasteiger partial charge in [-0.25, -0.2) is 14.8 Å². The number of rotatable bonds is 9. The van der Waals surface area contributed by atoms with Crippen molar-refractivity contribution in [2.75, 3.05) is 26.8 Å². The summed E-state index contributed by atoms with van der Waals surface area (Å²) >= 11 is 0. The molecule has 0 bridgehead atoms. The van der Waals surface area contributed by atoms with Crippen LogP contribution in [0.4, 0.5) is 0 Å². The van der Waals surface area contributed by atoms with Crippen LogP contribution in [0.25, 0.3) is 21.9 Å². The monoisotopic (exact) mass is 591 g/mol. The van der Waals surface area contributed by atoms with Gasteiger partial charge >= 0.3 is 5.97 Å². The van der Waals surface area contributed by atoms with Gasteiger partial charge in [0.1, 0.15) is 12.4 Å². The molecule has 0 amide bonds. The van der Waals surface area contributed by atoms with Crippen LogP contribution in [0.15, 0.2) is 72.9 Å². The van der Waals surface area contributed by atoms with Crippen molar-refractivity contribution in [2.45, 2.75) is 57.4 Å². The third-order valence-electron chi connectivity index (χ3n) is 9.08. The van der Waals surface area contributed by atoms with E-state index in [1.54, 1.807) is 6.07 Å². The molecule has 3 aromatic heterocycles. The summed E-state index contributed by atoms with van der Waals surface area (Å²) in [7, 11) is 1.41. The second kappa shape index (κ2) is 12.3. The molecule has 2 aliphatic rings. The number of benzene rings is 2. The molecule has 2 saturated heterocycles. The number of aromatic nitrogens is 4. The van der Waals surface area contributed by atoms with Crippen molar-refractivity contribution in [3.05, 3.63) is 95.6 Å². The number of esters is 1. The van der Waals surface area contributed by atoms with E-state index in [1.807, 2.05) is 42.6 Å². The van der Waals surface area contributed by atoms with Crippen molar-refractivity contribution >= 4 is 27.9 Å². The summed E-state index contributed by atoms with van der Waals surface area (Å²) in [6, 6.07) is 22.0. The molecule has 226 valence electrons. The van der Waals surface area contributed by atoms with Crippen molar-refractivity contribution in [3.8, 4) is 5.88 Å². The predicted molar refractivity (Wildman–Crippen MR) is 168 cm³/mol. The summed E-state index contributed by atoms with van der Waals surface area (Å²) in [5.74, 6) is 1.67. The first kappa shape index (κ1) is 28.4. The number of nitrogens with zero attached hydrogens (tertiary/aromatic N) is 5. The summed E-state index contributed by atoms with van der Waals surface area (Å²) in [5.41, 5.74) is 5.45. The Kier molecular flexibility index (Phi) is 7.97. The normalized spacial score (nSPS) is 18.3. The standard InChI is InChI=1S/C35H37N5O4/c1-23(34-38-30-12-11-26(35(41)42-2)20-31(30)40(34)21-28-15-19-43-28)39-17-13-24(14-18-39)29-9-4-10-32(37-29)44-22-27-7-3-6-25-8-5-16-36-33(25)27/h3-12,16,20,23-24,28H,13-15,17-19,21-22H2,1-2H3. The van der Waals surface area contributed by atoms with Gasteiger partial charge in [-0.05, 0) is 69.6 Å². The van der Waals surface area contributed by atoms with Crippen LogP contribution in [0.1, 0.15) is 65.6 Å². The highest BCUT2D eigenvalue weighted by Crippen LogP contribution is 2.34. The second-order valence-electron chi connectivity index (χ2n) is 11.7. The molecule has 2 fully saturated rings. The van der Waals surface area contributed by atoms with Crippen LogP contribution < -0.4 is 4.74 Å². The van der Waals surface area contributed by atoms with Crippen LogP contribution in [0.2, 0.25) is 0 Å². The second-order valence-corrected chi connectivity index (χ2v) is 11.7. The molecule has 2 aliphatic heterocycles. The van der Waals surface area contributed by atoms with E-state index in [2.05, 4.69) is 45.6 Å². The van der Waals surface area contributed by atoms with E-state index < -0.39 is 0 Å². The van der Waals surface area contributed by atoms with Crippen LogP contribution in [0.5, 0.6) is 5.88 Å². The first-order valence-corrected chi connectivity index (χ1v) is 15.4. The molecule has 7 rings (SSSR count). The minimum Gasteiger partial charge on any atom is -0.473 e. The van der Waals surface area contributed by atoms with Gasteiger partial charge in [0.15, 0.2) is 0 Å². The molecule has 0 saturated carbocycles. The van der Waals surface area contributed by atoms with E-state index in [0.29, 0.717) is 24.0 Å². The maximum absolute atomic E-state index is 12.3. The third-order valence-corrected chi connectivity index (χ3v) is 9.08. The smallest absolute Gasteiger partial charge is 0.337 e. The van der Waals surface area contributed by atoms with E-state index in [4.69, 9.17) is 24.2 Å². The molecule has 0 aliphatic carbocycles. The summed E-state index contributed by atoms with van der Waals surface area (Å²) in [5, 5.41) is 1.11. The lowest BCUT2D eigenvalue weighted by Gasteiger charge is -2.36. The quantitative estimate of drug-likeness (QED) is 0.191. The fourth-order valence-corrected chi connectivity index (χ4v) is 6.45. The van der Waals surface area contributed by atoms with Gasteiger partial charge in [-0.3, -0.25) is 9.88 Å². The minimum atomic E-state index is -0.343. The molecular weight excluding hydrogens is 554 g/mol. The maximum atomic E-state index is 12.3. The summed E-state index contributed by atoms with van der Waals surface area (Å²) < 4.78 is 19.2. The SMILES string of the molecule is COC(=O)c1ccc2nc(C(C)N3CCC(c4cccc(OCc5cccc6cccnc56)n4)CC3)n(CC3CCO3)c2c1. The summed E-state index contributed by atoms with van der Waals surface area (Å²) in [4.78, 5) is 29.3. The van der Waals surface area contributed by atoms with Crippen LogP contribution in [0, 0.1) is 0 Å². The number of hydrogen-bond acceptors (Lipinski definition) is 8. The maximum Gasteiger partial charge on any atom is 0.337 e. The number of carbonyl (C=O) groups is 1. The molecule has 2 atom stereocenters. The topological polar surface area (TPSA) is 91.6 Å². The number of fused-ring (bicyclic) bond motifs is 2. The first-order valence-electron chi connectivity index (χ1n) is 15.4. The fraction of sp³-hybridized carbons (Fsp3) is 0.371. The summed E-state index contributed by atoms with van der Waals surface area (Å²) in [6.07, 6.45) is 5.03. The lowest BCUT2D eigenvalue weighted by Crippen LogP contribution is -2.37. The number of para-hydroxylation sites is 1. The Balaban J connectivity index is 1.04. The molecule has 9 nitrogen and oxygen atoms in total. The Morgan fingerprint density at radius 1 is 1.02 bits per heavy atom. The van der Waals surface area contributed by atoms with Crippen LogP contribution in [0.3, 0.4) is 0 Å². The lowest BCUT2D eigenvalue weighted by molar-refractivity contribution is -0.0594. The molecule has 0 spiro atoms. The van der Waals surface area contributed by atoms with Crippen molar-refractivity contribution in [2.24, 2.45) is 0 Å². The van der Waals surface area contributed by atoms with Crippen molar-refractivity contribution in [1.29, 1.82) is 0 Å². The van der Waals surface area contributed by atoms with Crippen LogP contribution >= 0.6 is 0 Å². The van der Waals surface area contributed by atoms with E-state index >= 15 is 0 Å². The largest absolute Gasteiger partial charge is 0.473 e. The number of pyridine rings is 2. The molecular formula is C35H37N5O4. The van der Waals surface area contributed by atoms with Crippen molar-refractivity contribution in [3.63, 3.8) is 0 Å². The third kappa shape index (κ3) is 5.65. The lowest BCUT2D eigenvalue weighted by atomic mass is 9.92. The molecule has 5 aromatic rings. The highest BCUT2D eigenvalue weighted by molar-refractivity contribution is 5.93. The number of likely N-dealkylation sites (tertiary alicyclic amines) is 1. The van der Waals surface area contributed by atoms with Gasteiger partial charge in [0.05, 0.1) is 47.9 Å². The van der Waals surface area contributed by atoms with Gasteiger partial charge < -0.3 is 18.8 Å². The zero-order valence-electron chi connectivity index (χ0n) is 25.2. The number of piperidine rings is 1. The van der Waals surface area contributed by atoms with Crippen molar-refractivity contribution in [1.82, 2.24) is 24.4 Å². The molecule has 44 heavy (non-hydrogen) atoms. The number of ether oxygens (including phenoxy) is 3. The van der Waals surface area contributed by atoms with E-state index in [0.717, 1.165) is 84.5 Å². The van der Waals surface area contributed by atoms with Gasteiger partial charge in [0.25, 0.3) is 0 Å². The highest BCUT2D eigenvalue weighted by atomic mass is 16.5. The van der Waals surface area contributed by atoms with Crippen LogP contribution in [-0.4, -0.2) is 63.3 Å². The Hall–Kier alpha value is -4.34. The van der Waals surface area contributed by atoms with Gasteiger partial charge in [-0.1, -0.05) is 30.3 Å². The van der Waals surface area contributed by atoms with Gasteiger partial charge in [0.2, 0.25) is 5.88 Å². The number of methoxy groups -OCH3 is 1. The van der Waals surface area contributed by atoms with Crippen LogP contribution in [-0.2, 0) is 22.6 Å². The number of imidazole rings is 1. The Bertz CT molecular complexity index is 1790. The van der Waals surface area contributed by atoms with E-state index in [9.17, 15) is 4.79 Å². The average molecular weight is 592 g/mol. The predicted octanol–water partition coefficient (Wildman–Crippen LogP) is 6.07. The Labute approximate surface area is 256 Å². The van der Waals surface area contributed by atoms with Gasteiger partial charge in [0, 0.05) is 41.4 Å². The Morgan fingerprint density at radius 2 is 1.84 bits per heavy atom. The molecule has 2 unspecified atom stereocenters. The molecule has 9 heteroatoms. The molecule has 0 radical (unpaired) electrons. The first-order chi connectivity index (χ1) is 21.6. The summed E-state index contributed by atoms with van der Waals surface area (Å²) in [6.45, 7) is 6.06. The van der Waals surface area contributed by atoms with Crippen molar-refractivity contribution < 1.29 is 19.0 Å².